The van der Waals surface area contributed by atoms with Crippen molar-refractivity contribution in [3.05, 3.63) is 23.5 Å². The van der Waals surface area contributed by atoms with E-state index in [9.17, 15) is 12.8 Å². The average molecular weight is 260 g/mol. The van der Waals surface area contributed by atoms with Crippen molar-refractivity contribution in [3.8, 4) is 0 Å². The van der Waals surface area contributed by atoms with Gasteiger partial charge in [0.2, 0.25) is 10.0 Å². The van der Waals surface area contributed by atoms with Crippen LogP contribution < -0.4 is 5.73 Å². The monoisotopic (exact) mass is 260 g/mol. The van der Waals surface area contributed by atoms with E-state index >= 15 is 0 Å². The molecular weight excluding hydrogens is 247 g/mol. The van der Waals surface area contributed by atoms with E-state index in [0.717, 1.165) is 16.4 Å². The predicted octanol–water partition coefficient (Wildman–Crippen LogP) is 0.0815. The van der Waals surface area contributed by atoms with Gasteiger partial charge in [-0.15, -0.1) is 0 Å². The number of benzene rings is 1. The number of rotatable bonds is 2. The predicted molar refractivity (Wildman–Crippen MR) is 60.3 cm³/mol. The summed E-state index contributed by atoms with van der Waals surface area (Å²) in [5, 5.41) is 9.11. The molecule has 0 radical (unpaired) electrons. The largest absolute Gasteiger partial charge is 0.396 e. The van der Waals surface area contributed by atoms with Crippen LogP contribution in [0.4, 0.5) is 10.1 Å². The SMILES string of the molecule is Cc1cc(F)c(N)cc1S(=O)(=O)N1CC(O)C1. The van der Waals surface area contributed by atoms with Crippen molar-refractivity contribution >= 4 is 15.7 Å². The summed E-state index contributed by atoms with van der Waals surface area (Å²) >= 11 is 0. The molecule has 1 aliphatic rings. The molecule has 0 saturated carbocycles. The molecular formula is C10H13FN2O3S. The summed E-state index contributed by atoms with van der Waals surface area (Å²) in [4.78, 5) is -0.0108. The quantitative estimate of drug-likeness (QED) is 0.738. The van der Waals surface area contributed by atoms with Crippen molar-refractivity contribution in [2.75, 3.05) is 18.8 Å². The molecule has 0 spiro atoms. The standard InChI is InChI=1S/C10H13FN2O3S/c1-6-2-8(11)9(12)3-10(6)17(15,16)13-4-7(14)5-13/h2-3,7,14H,4-5,12H2,1H3. The summed E-state index contributed by atoms with van der Waals surface area (Å²) in [5.41, 5.74) is 5.47. The Bertz CT molecular complexity index is 553. The van der Waals surface area contributed by atoms with Crippen molar-refractivity contribution in [1.29, 1.82) is 0 Å². The Morgan fingerprint density at radius 1 is 1.47 bits per heavy atom. The normalized spacial score (nSPS) is 18.1. The second-order valence-electron chi connectivity index (χ2n) is 4.12. The van der Waals surface area contributed by atoms with Crippen molar-refractivity contribution in [2.24, 2.45) is 0 Å². The number of nitrogen functional groups attached to an aromatic ring is 1. The third-order valence-electron chi connectivity index (χ3n) is 2.74. The molecule has 1 fully saturated rings. The first-order valence-electron chi connectivity index (χ1n) is 5.06. The Hall–Kier alpha value is -1.18. The van der Waals surface area contributed by atoms with Gasteiger partial charge < -0.3 is 10.8 Å². The molecule has 2 rings (SSSR count). The fourth-order valence-electron chi connectivity index (χ4n) is 1.70. The fourth-order valence-corrected chi connectivity index (χ4v) is 3.45. The zero-order valence-corrected chi connectivity index (χ0v) is 10.0. The van der Waals surface area contributed by atoms with E-state index in [2.05, 4.69) is 0 Å². The number of aliphatic hydroxyl groups excluding tert-OH is 1. The van der Waals surface area contributed by atoms with Crippen LogP contribution in [0.3, 0.4) is 0 Å². The molecule has 0 aromatic heterocycles. The van der Waals surface area contributed by atoms with Crippen molar-refractivity contribution < 1.29 is 17.9 Å². The minimum Gasteiger partial charge on any atom is -0.396 e. The summed E-state index contributed by atoms with van der Waals surface area (Å²) < 4.78 is 38.4. The lowest BCUT2D eigenvalue weighted by atomic mass is 10.2. The summed E-state index contributed by atoms with van der Waals surface area (Å²) in [6, 6.07) is 2.21. The van der Waals surface area contributed by atoms with Gasteiger partial charge >= 0.3 is 0 Å². The lowest BCUT2D eigenvalue weighted by Crippen LogP contribution is -2.53. The maximum Gasteiger partial charge on any atom is 0.243 e. The van der Waals surface area contributed by atoms with Gasteiger partial charge in [0, 0.05) is 13.1 Å². The van der Waals surface area contributed by atoms with Gasteiger partial charge in [-0.25, -0.2) is 12.8 Å². The van der Waals surface area contributed by atoms with E-state index in [-0.39, 0.29) is 23.7 Å². The first kappa shape index (κ1) is 12.3. The molecule has 1 heterocycles. The molecule has 1 aromatic rings. The Morgan fingerprint density at radius 2 is 2.06 bits per heavy atom. The highest BCUT2D eigenvalue weighted by molar-refractivity contribution is 7.89. The van der Waals surface area contributed by atoms with Crippen LogP contribution in [0.25, 0.3) is 0 Å². The maximum absolute atomic E-state index is 13.1. The zero-order valence-electron chi connectivity index (χ0n) is 9.22. The number of halogens is 1. The molecule has 3 N–H and O–H groups in total. The van der Waals surface area contributed by atoms with Gasteiger partial charge in [-0.05, 0) is 24.6 Å². The Kier molecular flexibility index (Phi) is 2.84. The minimum atomic E-state index is -3.68. The molecule has 1 aromatic carbocycles. The van der Waals surface area contributed by atoms with Crippen molar-refractivity contribution in [1.82, 2.24) is 4.31 Å². The molecule has 1 saturated heterocycles. The van der Waals surface area contributed by atoms with E-state index in [4.69, 9.17) is 10.8 Å². The summed E-state index contributed by atoms with van der Waals surface area (Å²) in [6.45, 7) is 1.64. The van der Waals surface area contributed by atoms with Crippen LogP contribution in [-0.2, 0) is 10.0 Å². The Labute approximate surface area is 98.7 Å². The van der Waals surface area contributed by atoms with E-state index in [1.165, 1.54) is 6.92 Å². The van der Waals surface area contributed by atoms with Crippen LogP contribution in [0, 0.1) is 12.7 Å². The number of anilines is 1. The van der Waals surface area contributed by atoms with Gasteiger partial charge in [0.05, 0.1) is 16.7 Å². The van der Waals surface area contributed by atoms with Crippen molar-refractivity contribution in [2.45, 2.75) is 17.9 Å². The number of aliphatic hydroxyl groups is 1. The third-order valence-corrected chi connectivity index (χ3v) is 4.71. The number of nitrogens with two attached hydrogens (primary N) is 1. The third kappa shape index (κ3) is 2.01. The molecule has 0 atom stereocenters. The smallest absolute Gasteiger partial charge is 0.243 e. The summed E-state index contributed by atoms with van der Waals surface area (Å²) in [5.74, 6) is -0.634. The van der Waals surface area contributed by atoms with Gasteiger partial charge in [0.1, 0.15) is 5.82 Å². The van der Waals surface area contributed by atoms with E-state index in [1.807, 2.05) is 0 Å². The number of nitrogens with zero attached hydrogens (tertiary/aromatic N) is 1. The topological polar surface area (TPSA) is 83.6 Å². The highest BCUT2D eigenvalue weighted by Gasteiger charge is 2.36. The van der Waals surface area contributed by atoms with E-state index < -0.39 is 21.9 Å². The molecule has 1 aliphatic heterocycles. The molecule has 94 valence electrons. The van der Waals surface area contributed by atoms with Crippen molar-refractivity contribution in [3.63, 3.8) is 0 Å². The van der Waals surface area contributed by atoms with Crippen LogP contribution in [0.1, 0.15) is 5.56 Å². The van der Waals surface area contributed by atoms with Gasteiger partial charge in [-0.1, -0.05) is 0 Å². The second-order valence-corrected chi connectivity index (χ2v) is 6.02. The van der Waals surface area contributed by atoms with Gasteiger partial charge in [-0.3, -0.25) is 0 Å². The lowest BCUT2D eigenvalue weighted by molar-refractivity contribution is 0.0547. The average Bonchev–Trinajstić information content (AvgIpc) is 2.18. The van der Waals surface area contributed by atoms with Crippen LogP contribution in [-0.4, -0.2) is 37.0 Å². The number of hydrogen-bond acceptors (Lipinski definition) is 4. The second kappa shape index (κ2) is 3.94. The van der Waals surface area contributed by atoms with Crippen LogP contribution in [0.5, 0.6) is 0 Å². The maximum atomic E-state index is 13.1. The number of aryl methyl sites for hydroxylation is 1. The van der Waals surface area contributed by atoms with Gasteiger partial charge in [0.15, 0.2) is 0 Å². The first-order chi connectivity index (χ1) is 7.82. The number of hydrogen-bond donors (Lipinski definition) is 2. The molecule has 0 aliphatic carbocycles. The summed E-state index contributed by atoms with van der Waals surface area (Å²) in [7, 11) is -3.68. The number of sulfonamides is 1. The van der Waals surface area contributed by atoms with Gasteiger partial charge in [0.25, 0.3) is 0 Å². The summed E-state index contributed by atoms with van der Waals surface area (Å²) in [6.07, 6.45) is -0.622. The number of β-amino-alcohol motifs (C(OH)–C–C–N with tert-alkyl or cyclic N) is 1. The molecule has 0 bridgehead atoms. The van der Waals surface area contributed by atoms with Crippen LogP contribution in [0.15, 0.2) is 17.0 Å². The molecule has 0 amide bonds. The zero-order chi connectivity index (χ0) is 12.8. The fraction of sp³-hybridized carbons (Fsp3) is 0.400. The highest BCUT2D eigenvalue weighted by Crippen LogP contribution is 2.27. The lowest BCUT2D eigenvalue weighted by Gasteiger charge is -2.34. The van der Waals surface area contributed by atoms with Gasteiger partial charge in [-0.2, -0.15) is 4.31 Å². The Morgan fingerprint density at radius 3 is 2.59 bits per heavy atom. The molecule has 17 heavy (non-hydrogen) atoms. The molecule has 5 nitrogen and oxygen atoms in total. The van der Waals surface area contributed by atoms with Crippen LogP contribution >= 0.6 is 0 Å². The highest BCUT2D eigenvalue weighted by atomic mass is 32.2. The van der Waals surface area contributed by atoms with Crippen LogP contribution in [0.2, 0.25) is 0 Å². The molecule has 0 unspecified atom stereocenters. The minimum absolute atomic E-state index is 0.0108. The van der Waals surface area contributed by atoms with E-state index in [1.54, 1.807) is 0 Å². The first-order valence-corrected chi connectivity index (χ1v) is 6.50. The molecule has 7 heteroatoms. The Balaban J connectivity index is 2.43. The van der Waals surface area contributed by atoms with E-state index in [0.29, 0.717) is 5.56 Å².